The van der Waals surface area contributed by atoms with Gasteiger partial charge in [0.2, 0.25) is 0 Å². The van der Waals surface area contributed by atoms with Gasteiger partial charge < -0.3 is 0 Å². The van der Waals surface area contributed by atoms with Crippen LogP contribution in [0.15, 0.2) is 41.4 Å². The van der Waals surface area contributed by atoms with Crippen molar-refractivity contribution in [3.05, 3.63) is 46.5 Å². The minimum atomic E-state index is 0.370. The highest BCUT2D eigenvalue weighted by atomic mass is 79.9. The molecule has 0 N–H and O–H groups in total. The molecule has 3 heterocycles. The molecule has 6 heteroatoms. The first-order chi connectivity index (χ1) is 8.24. The van der Waals surface area contributed by atoms with Crippen molar-refractivity contribution in [2.75, 3.05) is 0 Å². The number of rotatable bonds is 1. The van der Waals surface area contributed by atoms with Crippen LogP contribution in [0.4, 0.5) is 0 Å². The van der Waals surface area contributed by atoms with Gasteiger partial charge in [0.05, 0.1) is 24.3 Å². The maximum Gasteiger partial charge on any atom is 0.148 e. The number of hydrogen-bond donors (Lipinski definition) is 0. The number of fused-ring (bicyclic) bond motifs is 1. The largest absolute Gasteiger partial charge is 0.298 e. The Morgan fingerprint density at radius 2 is 2.12 bits per heavy atom. The normalized spacial score (nSPS) is 10.9. The monoisotopic (exact) mass is 308 g/mol. The summed E-state index contributed by atoms with van der Waals surface area (Å²) in [6.07, 6.45) is 6.84. The number of imidazole rings is 1. The average molecular weight is 310 g/mol. The van der Waals surface area contributed by atoms with E-state index in [0.29, 0.717) is 10.8 Å². The number of halogens is 2. The van der Waals surface area contributed by atoms with Crippen LogP contribution in [0, 0.1) is 0 Å². The summed E-state index contributed by atoms with van der Waals surface area (Å²) < 4.78 is 2.92. The zero-order chi connectivity index (χ0) is 11.8. The van der Waals surface area contributed by atoms with E-state index in [-0.39, 0.29) is 0 Å². The summed E-state index contributed by atoms with van der Waals surface area (Å²) in [7, 11) is 0. The van der Waals surface area contributed by atoms with Crippen LogP contribution in [-0.4, -0.2) is 19.4 Å². The van der Waals surface area contributed by atoms with Crippen molar-refractivity contribution in [1.82, 2.24) is 19.4 Å². The van der Waals surface area contributed by atoms with Gasteiger partial charge in [-0.15, -0.1) is 0 Å². The molecule has 0 aliphatic heterocycles. The Kier molecular flexibility index (Phi) is 2.57. The smallest absolute Gasteiger partial charge is 0.148 e. The van der Waals surface area contributed by atoms with Gasteiger partial charge in [-0.2, -0.15) is 0 Å². The standard InChI is InChI=1S/C11H6BrClN4/c12-7-1-2-17-9(5-15-11(17)3-7)8-4-14-6-10(13)16-8/h1-6H. The number of aromatic nitrogens is 4. The van der Waals surface area contributed by atoms with Gasteiger partial charge in [0.1, 0.15) is 16.5 Å². The first-order valence-corrected chi connectivity index (χ1v) is 6.02. The molecule has 0 radical (unpaired) electrons. The summed E-state index contributed by atoms with van der Waals surface area (Å²) in [5.74, 6) is 0. The van der Waals surface area contributed by atoms with Crippen molar-refractivity contribution in [2.24, 2.45) is 0 Å². The molecule has 0 aliphatic carbocycles. The van der Waals surface area contributed by atoms with E-state index in [2.05, 4.69) is 30.9 Å². The lowest BCUT2D eigenvalue weighted by Crippen LogP contribution is -1.91. The molecule has 0 unspecified atom stereocenters. The molecule has 4 nitrogen and oxygen atoms in total. The van der Waals surface area contributed by atoms with E-state index < -0.39 is 0 Å². The Bertz CT molecular complexity index is 695. The maximum absolute atomic E-state index is 5.83. The zero-order valence-corrected chi connectivity index (χ0v) is 10.9. The summed E-state index contributed by atoms with van der Waals surface area (Å²) >= 11 is 9.23. The molecule has 0 saturated heterocycles. The Morgan fingerprint density at radius 3 is 2.94 bits per heavy atom. The Morgan fingerprint density at radius 1 is 1.24 bits per heavy atom. The van der Waals surface area contributed by atoms with E-state index in [9.17, 15) is 0 Å². The third kappa shape index (κ3) is 1.92. The van der Waals surface area contributed by atoms with Gasteiger partial charge in [0.25, 0.3) is 0 Å². The van der Waals surface area contributed by atoms with E-state index in [4.69, 9.17) is 11.6 Å². The molecule has 3 aromatic heterocycles. The second-order valence-corrected chi connectivity index (χ2v) is 4.75. The summed E-state index contributed by atoms with van der Waals surface area (Å²) in [5, 5.41) is 0.370. The highest BCUT2D eigenvalue weighted by molar-refractivity contribution is 9.10. The second-order valence-electron chi connectivity index (χ2n) is 3.44. The fourth-order valence-electron chi connectivity index (χ4n) is 1.61. The van der Waals surface area contributed by atoms with Gasteiger partial charge in [-0.05, 0) is 12.1 Å². The van der Waals surface area contributed by atoms with Gasteiger partial charge in [-0.3, -0.25) is 9.38 Å². The van der Waals surface area contributed by atoms with E-state index in [1.165, 1.54) is 6.20 Å². The molecule has 3 rings (SSSR count). The lowest BCUT2D eigenvalue weighted by Gasteiger charge is -2.01. The van der Waals surface area contributed by atoms with E-state index >= 15 is 0 Å². The van der Waals surface area contributed by atoms with Crippen LogP contribution >= 0.6 is 27.5 Å². The van der Waals surface area contributed by atoms with Gasteiger partial charge in [-0.25, -0.2) is 9.97 Å². The van der Waals surface area contributed by atoms with Crippen LogP contribution in [0.1, 0.15) is 0 Å². The molecular formula is C11H6BrClN4. The van der Waals surface area contributed by atoms with Crippen LogP contribution in [0.2, 0.25) is 5.15 Å². The van der Waals surface area contributed by atoms with Gasteiger partial charge in [-0.1, -0.05) is 27.5 Å². The Hall–Kier alpha value is -1.46. The molecule has 3 aromatic rings. The predicted octanol–water partition coefficient (Wildman–Crippen LogP) is 3.21. The number of hydrogen-bond acceptors (Lipinski definition) is 3. The fourth-order valence-corrected chi connectivity index (χ4v) is 2.08. The Balaban J connectivity index is 2.24. The third-order valence-electron chi connectivity index (χ3n) is 2.34. The first kappa shape index (κ1) is 10.7. The molecular weight excluding hydrogens is 304 g/mol. The molecule has 0 saturated carbocycles. The van der Waals surface area contributed by atoms with Gasteiger partial charge >= 0.3 is 0 Å². The molecule has 0 atom stereocenters. The SMILES string of the molecule is Clc1cncc(-c2cnc3cc(Br)ccn23)n1. The van der Waals surface area contributed by atoms with Gasteiger partial charge in [0.15, 0.2) is 0 Å². The van der Waals surface area contributed by atoms with Crippen LogP contribution < -0.4 is 0 Å². The zero-order valence-electron chi connectivity index (χ0n) is 8.51. The molecule has 0 amide bonds. The maximum atomic E-state index is 5.83. The molecule has 0 aliphatic rings. The van der Waals surface area contributed by atoms with Crippen molar-refractivity contribution in [3.63, 3.8) is 0 Å². The molecule has 0 aromatic carbocycles. The first-order valence-electron chi connectivity index (χ1n) is 4.84. The quantitative estimate of drug-likeness (QED) is 0.693. The van der Waals surface area contributed by atoms with Gasteiger partial charge in [0, 0.05) is 10.7 Å². The van der Waals surface area contributed by atoms with Crippen LogP contribution in [0.25, 0.3) is 17.0 Å². The van der Waals surface area contributed by atoms with Crippen molar-refractivity contribution >= 4 is 33.2 Å². The predicted molar refractivity (Wildman–Crippen MR) is 68.9 cm³/mol. The molecule has 17 heavy (non-hydrogen) atoms. The minimum absolute atomic E-state index is 0.370. The van der Waals surface area contributed by atoms with Crippen LogP contribution in [0.5, 0.6) is 0 Å². The lowest BCUT2D eigenvalue weighted by molar-refractivity contribution is 1.13. The average Bonchev–Trinajstić information content (AvgIpc) is 2.71. The van der Waals surface area contributed by atoms with Crippen molar-refractivity contribution in [3.8, 4) is 11.4 Å². The molecule has 0 spiro atoms. The Labute approximate surface area is 110 Å². The summed E-state index contributed by atoms with van der Waals surface area (Å²) in [6.45, 7) is 0. The van der Waals surface area contributed by atoms with Crippen molar-refractivity contribution < 1.29 is 0 Å². The number of nitrogens with zero attached hydrogens (tertiary/aromatic N) is 4. The third-order valence-corrected chi connectivity index (χ3v) is 3.02. The molecule has 0 bridgehead atoms. The molecule has 0 fully saturated rings. The van der Waals surface area contributed by atoms with E-state index in [1.807, 2.05) is 22.7 Å². The number of pyridine rings is 1. The highest BCUT2D eigenvalue weighted by Crippen LogP contribution is 2.21. The van der Waals surface area contributed by atoms with Crippen LogP contribution in [-0.2, 0) is 0 Å². The fraction of sp³-hybridized carbons (Fsp3) is 0. The minimum Gasteiger partial charge on any atom is -0.298 e. The summed E-state index contributed by atoms with van der Waals surface area (Å²) in [4.78, 5) is 12.5. The summed E-state index contributed by atoms with van der Waals surface area (Å²) in [5.41, 5.74) is 2.41. The lowest BCUT2D eigenvalue weighted by atomic mass is 10.3. The second kappa shape index (κ2) is 4.09. The molecule has 84 valence electrons. The summed E-state index contributed by atoms with van der Waals surface area (Å²) in [6, 6.07) is 3.87. The van der Waals surface area contributed by atoms with Crippen LogP contribution in [0.3, 0.4) is 0 Å². The van der Waals surface area contributed by atoms with E-state index in [1.54, 1.807) is 12.4 Å². The van der Waals surface area contributed by atoms with Crippen molar-refractivity contribution in [1.29, 1.82) is 0 Å². The topological polar surface area (TPSA) is 43.1 Å². The van der Waals surface area contributed by atoms with Crippen molar-refractivity contribution in [2.45, 2.75) is 0 Å². The highest BCUT2D eigenvalue weighted by Gasteiger charge is 2.08. The van der Waals surface area contributed by atoms with E-state index in [0.717, 1.165) is 15.8 Å².